The van der Waals surface area contributed by atoms with E-state index < -0.39 is 0 Å². The summed E-state index contributed by atoms with van der Waals surface area (Å²) in [6, 6.07) is 8.73. The molecule has 2 heteroatoms. The smallest absolute Gasteiger partial charge is 0.0726 e. The van der Waals surface area contributed by atoms with Crippen LogP contribution in [0.4, 0.5) is 5.69 Å². The molecule has 1 fully saturated rings. The highest BCUT2D eigenvalue weighted by atomic mass is 15.1. The molecule has 0 bridgehead atoms. The Morgan fingerprint density at radius 2 is 1.81 bits per heavy atom. The molecule has 21 heavy (non-hydrogen) atoms. The van der Waals surface area contributed by atoms with Gasteiger partial charge in [0, 0.05) is 24.2 Å². The normalized spacial score (nSPS) is 19.8. The molecule has 110 valence electrons. The summed E-state index contributed by atoms with van der Waals surface area (Å²) < 4.78 is 0. The lowest BCUT2D eigenvalue weighted by Gasteiger charge is -2.35. The van der Waals surface area contributed by atoms with Gasteiger partial charge in [0.05, 0.1) is 11.2 Å². The molecule has 0 unspecified atom stereocenters. The van der Waals surface area contributed by atoms with Gasteiger partial charge in [0.15, 0.2) is 0 Å². The van der Waals surface area contributed by atoms with E-state index in [0.29, 0.717) is 0 Å². The Kier molecular flexibility index (Phi) is 3.33. The van der Waals surface area contributed by atoms with Crippen LogP contribution in [0.3, 0.4) is 0 Å². The van der Waals surface area contributed by atoms with Gasteiger partial charge in [-0.25, -0.2) is 0 Å². The number of nitrogens with zero attached hydrogens (tertiary/aromatic N) is 2. The average molecular weight is 280 g/mol. The number of hydrogen-bond donors (Lipinski definition) is 0. The van der Waals surface area contributed by atoms with E-state index in [0.717, 1.165) is 12.3 Å². The summed E-state index contributed by atoms with van der Waals surface area (Å²) in [4.78, 5) is 7.61. The third-order valence-electron chi connectivity index (χ3n) is 5.24. The summed E-state index contributed by atoms with van der Waals surface area (Å²) in [7, 11) is 0. The molecule has 1 saturated heterocycles. The number of para-hydroxylation sites is 1. The number of aryl methyl sites for hydroxylation is 1. The Morgan fingerprint density at radius 3 is 2.67 bits per heavy atom. The minimum Gasteiger partial charge on any atom is -0.371 e. The van der Waals surface area contributed by atoms with Gasteiger partial charge in [-0.15, -0.1) is 0 Å². The van der Waals surface area contributed by atoms with E-state index >= 15 is 0 Å². The highest BCUT2D eigenvalue weighted by molar-refractivity contribution is 5.94. The molecular formula is C19H24N2. The predicted molar refractivity (Wildman–Crippen MR) is 89.0 cm³/mol. The monoisotopic (exact) mass is 280 g/mol. The Balaban J connectivity index is 1.88. The third kappa shape index (κ3) is 2.31. The van der Waals surface area contributed by atoms with Gasteiger partial charge in [0.25, 0.3) is 0 Å². The number of hydrogen-bond acceptors (Lipinski definition) is 2. The molecule has 2 aromatic rings. The van der Waals surface area contributed by atoms with E-state index in [-0.39, 0.29) is 0 Å². The summed E-state index contributed by atoms with van der Waals surface area (Å²) in [6.45, 7) is 4.81. The second-order valence-electron chi connectivity index (χ2n) is 6.78. The van der Waals surface area contributed by atoms with E-state index in [4.69, 9.17) is 4.98 Å². The highest BCUT2D eigenvalue weighted by Crippen LogP contribution is 2.37. The molecule has 0 N–H and O–H groups in total. The van der Waals surface area contributed by atoms with Gasteiger partial charge >= 0.3 is 0 Å². The minimum atomic E-state index is 0.880. The van der Waals surface area contributed by atoms with Gasteiger partial charge in [-0.1, -0.05) is 25.1 Å². The number of anilines is 1. The lowest BCUT2D eigenvalue weighted by atomic mass is 9.90. The maximum absolute atomic E-state index is 4.96. The molecule has 4 rings (SSSR count). The molecule has 0 radical (unpaired) electrons. The van der Waals surface area contributed by atoms with E-state index in [1.54, 1.807) is 5.56 Å². The minimum absolute atomic E-state index is 0.880. The van der Waals surface area contributed by atoms with Crippen LogP contribution in [0, 0.1) is 5.92 Å². The van der Waals surface area contributed by atoms with E-state index in [1.807, 2.05) is 0 Å². The van der Waals surface area contributed by atoms with Crippen molar-refractivity contribution in [2.45, 2.75) is 45.4 Å². The van der Waals surface area contributed by atoms with Gasteiger partial charge in [0.2, 0.25) is 0 Å². The van der Waals surface area contributed by atoms with Crippen LogP contribution in [0.5, 0.6) is 0 Å². The van der Waals surface area contributed by atoms with Crippen molar-refractivity contribution >= 4 is 16.6 Å². The SMILES string of the molecule is CC1CCN(c2c3c(nc4ccccc24)CCCC3)CC1. The third-order valence-corrected chi connectivity index (χ3v) is 5.24. The topological polar surface area (TPSA) is 16.1 Å². The maximum atomic E-state index is 4.96. The average Bonchev–Trinajstić information content (AvgIpc) is 2.53. The van der Waals surface area contributed by atoms with Crippen LogP contribution in [-0.2, 0) is 12.8 Å². The van der Waals surface area contributed by atoms with Crippen molar-refractivity contribution in [2.75, 3.05) is 18.0 Å². The van der Waals surface area contributed by atoms with E-state index in [9.17, 15) is 0 Å². The molecule has 1 aromatic carbocycles. The number of aromatic nitrogens is 1. The largest absolute Gasteiger partial charge is 0.371 e. The first kappa shape index (κ1) is 13.1. The lowest BCUT2D eigenvalue weighted by Crippen LogP contribution is -2.34. The van der Waals surface area contributed by atoms with Crippen LogP contribution in [0.25, 0.3) is 10.9 Å². The molecule has 2 aliphatic rings. The number of rotatable bonds is 1. The fourth-order valence-electron chi connectivity index (χ4n) is 3.94. The summed E-state index contributed by atoms with van der Waals surface area (Å²) in [6.07, 6.45) is 7.65. The van der Waals surface area contributed by atoms with Crippen LogP contribution in [-0.4, -0.2) is 18.1 Å². The van der Waals surface area contributed by atoms with Crippen molar-refractivity contribution in [3.05, 3.63) is 35.5 Å². The zero-order valence-electron chi connectivity index (χ0n) is 12.9. The maximum Gasteiger partial charge on any atom is 0.0726 e. The van der Waals surface area contributed by atoms with Crippen LogP contribution < -0.4 is 4.90 Å². The van der Waals surface area contributed by atoms with Gasteiger partial charge < -0.3 is 4.90 Å². The number of benzene rings is 1. The van der Waals surface area contributed by atoms with Crippen LogP contribution in [0.1, 0.15) is 43.9 Å². The fraction of sp³-hybridized carbons (Fsp3) is 0.526. The van der Waals surface area contributed by atoms with Gasteiger partial charge in [-0.2, -0.15) is 0 Å². The van der Waals surface area contributed by atoms with Crippen LogP contribution in [0.15, 0.2) is 24.3 Å². The Hall–Kier alpha value is -1.57. The molecule has 0 saturated carbocycles. The Bertz CT molecular complexity index is 654. The molecule has 1 aromatic heterocycles. The zero-order valence-corrected chi connectivity index (χ0v) is 12.9. The number of piperidine rings is 1. The Morgan fingerprint density at radius 1 is 1.05 bits per heavy atom. The van der Waals surface area contributed by atoms with Gasteiger partial charge in [0.1, 0.15) is 0 Å². The molecule has 1 aliphatic heterocycles. The van der Waals surface area contributed by atoms with Gasteiger partial charge in [-0.05, 0) is 56.1 Å². The quantitative estimate of drug-likeness (QED) is 0.772. The van der Waals surface area contributed by atoms with Gasteiger partial charge in [-0.3, -0.25) is 4.98 Å². The summed E-state index contributed by atoms with van der Waals surface area (Å²) in [5.74, 6) is 0.880. The second-order valence-corrected chi connectivity index (χ2v) is 6.78. The number of pyridine rings is 1. The van der Waals surface area contributed by atoms with E-state index in [1.165, 1.54) is 67.5 Å². The highest BCUT2D eigenvalue weighted by Gasteiger charge is 2.24. The predicted octanol–water partition coefficient (Wildman–Crippen LogP) is 4.35. The molecule has 0 amide bonds. The molecule has 1 aliphatic carbocycles. The summed E-state index contributed by atoms with van der Waals surface area (Å²) in [5.41, 5.74) is 5.62. The summed E-state index contributed by atoms with van der Waals surface area (Å²) >= 11 is 0. The summed E-state index contributed by atoms with van der Waals surface area (Å²) in [5, 5.41) is 1.37. The zero-order chi connectivity index (χ0) is 14.2. The molecular weight excluding hydrogens is 256 g/mol. The second kappa shape index (κ2) is 5.32. The van der Waals surface area contributed by atoms with Crippen molar-refractivity contribution in [2.24, 2.45) is 5.92 Å². The van der Waals surface area contributed by atoms with Crippen molar-refractivity contribution in [1.82, 2.24) is 4.98 Å². The molecule has 2 heterocycles. The molecule has 2 nitrogen and oxygen atoms in total. The lowest BCUT2D eigenvalue weighted by molar-refractivity contribution is 0.438. The van der Waals surface area contributed by atoms with Crippen molar-refractivity contribution in [1.29, 1.82) is 0 Å². The number of fused-ring (bicyclic) bond motifs is 2. The molecule has 0 spiro atoms. The molecule has 0 atom stereocenters. The van der Waals surface area contributed by atoms with Crippen molar-refractivity contribution in [3.63, 3.8) is 0 Å². The Labute approximate surface area is 127 Å². The first-order chi connectivity index (χ1) is 10.3. The standard InChI is InChI=1S/C19H24N2/c1-14-10-12-21(13-11-14)19-15-6-2-4-8-17(15)20-18-9-5-3-7-16(18)19/h2,4,6,8,14H,3,5,7,9-13H2,1H3. The van der Waals surface area contributed by atoms with Crippen LogP contribution >= 0.6 is 0 Å². The van der Waals surface area contributed by atoms with Crippen molar-refractivity contribution < 1.29 is 0 Å². The van der Waals surface area contributed by atoms with Crippen molar-refractivity contribution in [3.8, 4) is 0 Å². The first-order valence-corrected chi connectivity index (χ1v) is 8.48. The first-order valence-electron chi connectivity index (χ1n) is 8.48. The van der Waals surface area contributed by atoms with E-state index in [2.05, 4.69) is 36.1 Å². The fourth-order valence-corrected chi connectivity index (χ4v) is 3.94. The van der Waals surface area contributed by atoms with Crippen LogP contribution in [0.2, 0.25) is 0 Å².